The lowest BCUT2D eigenvalue weighted by molar-refractivity contribution is 0.0780. The summed E-state index contributed by atoms with van der Waals surface area (Å²) in [5.41, 5.74) is 3.96. The van der Waals surface area contributed by atoms with Gasteiger partial charge in [-0.3, -0.25) is 14.6 Å². The van der Waals surface area contributed by atoms with Gasteiger partial charge in [-0.2, -0.15) is 0 Å². The summed E-state index contributed by atoms with van der Waals surface area (Å²) in [6.45, 7) is 4.42. The Morgan fingerprint density at radius 1 is 0.968 bits per heavy atom. The molecule has 0 N–H and O–H groups in total. The minimum absolute atomic E-state index is 0.0394. The zero-order valence-corrected chi connectivity index (χ0v) is 18.0. The monoisotopic (exact) mass is 417 g/mol. The van der Waals surface area contributed by atoms with Gasteiger partial charge >= 0.3 is 0 Å². The standard InChI is InChI=1S/C24H27N5O2/c1-26-11-13-28(14-12-26)22-21-18(15-27(2)24(22)31)16-29(23(21)30)10-9-19-8-7-17-5-3-4-6-20(17)25-19/h3-8,15H,9-14,16H2,1-2H3. The summed E-state index contributed by atoms with van der Waals surface area (Å²) in [7, 11) is 3.85. The van der Waals surface area contributed by atoms with Gasteiger partial charge in [0, 0.05) is 75.6 Å². The van der Waals surface area contributed by atoms with Crippen molar-refractivity contribution in [3.8, 4) is 0 Å². The molecule has 0 aliphatic carbocycles. The maximum Gasteiger partial charge on any atom is 0.274 e. The van der Waals surface area contributed by atoms with Crippen molar-refractivity contribution in [2.45, 2.75) is 13.0 Å². The number of para-hydroxylation sites is 1. The van der Waals surface area contributed by atoms with E-state index < -0.39 is 0 Å². The molecule has 31 heavy (non-hydrogen) atoms. The van der Waals surface area contributed by atoms with E-state index in [-0.39, 0.29) is 11.5 Å². The molecule has 1 aromatic carbocycles. The predicted octanol–water partition coefficient (Wildman–Crippen LogP) is 1.88. The van der Waals surface area contributed by atoms with Crippen molar-refractivity contribution in [2.75, 3.05) is 44.7 Å². The largest absolute Gasteiger partial charge is 0.364 e. The van der Waals surface area contributed by atoms with Crippen LogP contribution in [0.4, 0.5) is 5.69 Å². The second kappa shape index (κ2) is 7.81. The van der Waals surface area contributed by atoms with Crippen LogP contribution in [-0.4, -0.2) is 65.0 Å². The first-order chi connectivity index (χ1) is 15.0. The highest BCUT2D eigenvalue weighted by molar-refractivity contribution is 6.03. The molecule has 0 bridgehead atoms. The average Bonchev–Trinajstić information content (AvgIpc) is 3.08. The number of hydrogen-bond acceptors (Lipinski definition) is 5. The summed E-state index contributed by atoms with van der Waals surface area (Å²) >= 11 is 0. The minimum Gasteiger partial charge on any atom is -0.364 e. The fourth-order valence-corrected chi connectivity index (χ4v) is 4.58. The van der Waals surface area contributed by atoms with Crippen molar-refractivity contribution in [1.29, 1.82) is 0 Å². The normalized spacial score (nSPS) is 16.9. The third-order valence-electron chi connectivity index (χ3n) is 6.41. The number of fused-ring (bicyclic) bond motifs is 2. The number of aromatic nitrogens is 2. The third kappa shape index (κ3) is 3.59. The summed E-state index contributed by atoms with van der Waals surface area (Å²) in [6.07, 6.45) is 2.51. The van der Waals surface area contributed by atoms with E-state index in [0.717, 1.165) is 48.3 Å². The summed E-state index contributed by atoms with van der Waals surface area (Å²) < 4.78 is 1.62. The molecule has 0 atom stereocenters. The van der Waals surface area contributed by atoms with E-state index in [1.54, 1.807) is 11.6 Å². The number of amides is 1. The molecule has 2 aliphatic rings. The van der Waals surface area contributed by atoms with Crippen molar-refractivity contribution in [2.24, 2.45) is 7.05 Å². The second-order valence-corrected chi connectivity index (χ2v) is 8.56. The quantitative estimate of drug-likeness (QED) is 0.649. The van der Waals surface area contributed by atoms with Crippen LogP contribution in [0.1, 0.15) is 21.6 Å². The molecule has 2 aliphatic heterocycles. The number of benzene rings is 1. The van der Waals surface area contributed by atoms with E-state index in [9.17, 15) is 9.59 Å². The number of hydrogen-bond donors (Lipinski definition) is 0. The second-order valence-electron chi connectivity index (χ2n) is 8.56. The molecule has 0 unspecified atom stereocenters. The number of carbonyl (C=O) groups is 1. The number of aryl methyl sites for hydroxylation is 1. The van der Waals surface area contributed by atoms with Gasteiger partial charge in [0.2, 0.25) is 0 Å². The summed E-state index contributed by atoms with van der Waals surface area (Å²) in [6, 6.07) is 12.2. The number of pyridine rings is 2. The van der Waals surface area contributed by atoms with Gasteiger partial charge in [0.15, 0.2) is 0 Å². The van der Waals surface area contributed by atoms with Gasteiger partial charge in [0.05, 0.1) is 11.1 Å². The topological polar surface area (TPSA) is 61.7 Å². The average molecular weight is 418 g/mol. The van der Waals surface area contributed by atoms with E-state index >= 15 is 0 Å². The van der Waals surface area contributed by atoms with Crippen molar-refractivity contribution in [1.82, 2.24) is 19.4 Å². The highest BCUT2D eigenvalue weighted by Crippen LogP contribution is 2.29. The maximum atomic E-state index is 13.3. The molecule has 2 aromatic heterocycles. The molecule has 160 valence electrons. The van der Waals surface area contributed by atoms with Crippen molar-refractivity contribution in [3.05, 3.63) is 69.8 Å². The van der Waals surface area contributed by atoms with Gasteiger partial charge in [-0.25, -0.2) is 0 Å². The molecular weight excluding hydrogens is 390 g/mol. The molecule has 0 radical (unpaired) electrons. The van der Waals surface area contributed by atoms with Crippen LogP contribution >= 0.6 is 0 Å². The van der Waals surface area contributed by atoms with Crippen LogP contribution in [0.3, 0.4) is 0 Å². The van der Waals surface area contributed by atoms with Gasteiger partial charge in [-0.05, 0) is 19.2 Å². The molecule has 1 saturated heterocycles. The fraction of sp³-hybridized carbons (Fsp3) is 0.375. The Kier molecular flexibility index (Phi) is 4.98. The Bertz CT molecular complexity index is 1210. The molecule has 5 rings (SSSR count). The van der Waals surface area contributed by atoms with Gasteiger partial charge in [-0.15, -0.1) is 0 Å². The minimum atomic E-state index is -0.0882. The smallest absolute Gasteiger partial charge is 0.274 e. The lowest BCUT2D eigenvalue weighted by atomic mass is 10.1. The molecule has 4 heterocycles. The number of piperazine rings is 1. The molecule has 3 aromatic rings. The van der Waals surface area contributed by atoms with E-state index in [1.807, 2.05) is 41.4 Å². The van der Waals surface area contributed by atoms with Crippen LogP contribution in [0, 0.1) is 0 Å². The van der Waals surface area contributed by atoms with E-state index in [4.69, 9.17) is 4.98 Å². The van der Waals surface area contributed by atoms with E-state index in [0.29, 0.717) is 30.8 Å². The first kappa shape index (κ1) is 19.8. The lowest BCUT2D eigenvalue weighted by Crippen LogP contribution is -2.47. The third-order valence-corrected chi connectivity index (χ3v) is 6.41. The number of carbonyl (C=O) groups excluding carboxylic acids is 1. The number of anilines is 1. The van der Waals surface area contributed by atoms with E-state index in [2.05, 4.69) is 22.9 Å². The van der Waals surface area contributed by atoms with Crippen LogP contribution in [-0.2, 0) is 20.0 Å². The van der Waals surface area contributed by atoms with Gasteiger partial charge in [0.25, 0.3) is 11.5 Å². The Labute approximate surface area is 181 Å². The van der Waals surface area contributed by atoms with Crippen LogP contribution in [0.15, 0.2) is 47.4 Å². The summed E-state index contributed by atoms with van der Waals surface area (Å²) in [5.74, 6) is -0.0394. The molecule has 0 saturated carbocycles. The Hall–Kier alpha value is -3.19. The predicted molar refractivity (Wildman–Crippen MR) is 122 cm³/mol. The fourth-order valence-electron chi connectivity index (χ4n) is 4.58. The lowest BCUT2D eigenvalue weighted by Gasteiger charge is -2.34. The molecule has 7 nitrogen and oxygen atoms in total. The summed E-state index contributed by atoms with van der Waals surface area (Å²) in [5, 5.41) is 1.11. The highest BCUT2D eigenvalue weighted by atomic mass is 16.2. The van der Waals surface area contributed by atoms with Crippen LogP contribution < -0.4 is 10.5 Å². The molecule has 0 spiro atoms. The van der Waals surface area contributed by atoms with Crippen LogP contribution in [0.25, 0.3) is 10.9 Å². The van der Waals surface area contributed by atoms with Crippen LogP contribution in [0.2, 0.25) is 0 Å². The molecule has 7 heteroatoms. The van der Waals surface area contributed by atoms with E-state index in [1.165, 1.54) is 0 Å². The zero-order chi connectivity index (χ0) is 21.5. The van der Waals surface area contributed by atoms with Crippen molar-refractivity contribution < 1.29 is 4.79 Å². The zero-order valence-electron chi connectivity index (χ0n) is 18.0. The SMILES string of the molecule is CN1CCN(c2c3c(cn(C)c2=O)CN(CCc2ccc4ccccc4n2)C3=O)CC1. The highest BCUT2D eigenvalue weighted by Gasteiger charge is 2.34. The molecule has 1 amide bonds. The molecular formula is C24H27N5O2. The Morgan fingerprint density at radius 2 is 1.74 bits per heavy atom. The van der Waals surface area contributed by atoms with Crippen molar-refractivity contribution >= 4 is 22.5 Å². The Balaban J connectivity index is 1.39. The first-order valence-corrected chi connectivity index (χ1v) is 10.8. The first-order valence-electron chi connectivity index (χ1n) is 10.8. The number of nitrogens with zero attached hydrogens (tertiary/aromatic N) is 5. The van der Waals surface area contributed by atoms with Gasteiger partial charge < -0.3 is 19.3 Å². The van der Waals surface area contributed by atoms with Gasteiger partial charge in [-0.1, -0.05) is 24.3 Å². The Morgan fingerprint density at radius 3 is 2.55 bits per heavy atom. The number of likely N-dealkylation sites (N-methyl/N-ethyl adjacent to an activating group) is 1. The van der Waals surface area contributed by atoms with Gasteiger partial charge in [0.1, 0.15) is 5.69 Å². The van der Waals surface area contributed by atoms with Crippen LogP contribution in [0.5, 0.6) is 0 Å². The van der Waals surface area contributed by atoms with Crippen molar-refractivity contribution in [3.63, 3.8) is 0 Å². The maximum absolute atomic E-state index is 13.3. The molecule has 1 fully saturated rings. The summed E-state index contributed by atoms with van der Waals surface area (Å²) in [4.78, 5) is 37.2. The number of rotatable bonds is 4.